The number of carbonyl (C=O) groups is 1. The van der Waals surface area contributed by atoms with Crippen molar-refractivity contribution < 1.29 is 15.0 Å². The zero-order valence-electron chi connectivity index (χ0n) is 20.6. The molecule has 1 saturated carbocycles. The zero-order chi connectivity index (χ0) is 25.5. The lowest BCUT2D eigenvalue weighted by Gasteiger charge is -2.12. The van der Waals surface area contributed by atoms with Crippen LogP contribution in [0.4, 0.5) is 0 Å². The van der Waals surface area contributed by atoms with Crippen LogP contribution in [0.2, 0.25) is 0 Å². The lowest BCUT2D eigenvalue weighted by atomic mass is 9.98. The standard InChI is InChI=1S/C30H28N4O3/c1-19-14-23(26-17-33(12-13-35)18-31-26)15-27-28(19)32-29(22-10-11-22)34(27)16-20-6-8-21(9-7-20)24-4-2-3-5-25(24)30(36)37/h2-9,14-15,17-18,22,35H,10-13,16H2,1H3,(H,36,37). The van der Waals surface area contributed by atoms with E-state index in [9.17, 15) is 15.0 Å². The number of benzene rings is 3. The second-order valence-corrected chi connectivity index (χ2v) is 9.76. The number of rotatable bonds is 8. The van der Waals surface area contributed by atoms with Gasteiger partial charge < -0.3 is 19.3 Å². The topological polar surface area (TPSA) is 93.2 Å². The molecule has 2 aromatic heterocycles. The summed E-state index contributed by atoms with van der Waals surface area (Å²) in [5.41, 5.74) is 8.17. The Kier molecular flexibility index (Phi) is 5.85. The maximum atomic E-state index is 11.7. The summed E-state index contributed by atoms with van der Waals surface area (Å²) < 4.78 is 4.22. The quantitative estimate of drug-likeness (QED) is 0.299. The van der Waals surface area contributed by atoms with Crippen LogP contribution < -0.4 is 0 Å². The number of imidazole rings is 2. The van der Waals surface area contributed by atoms with Crippen LogP contribution in [-0.2, 0) is 13.1 Å². The van der Waals surface area contributed by atoms with Crippen LogP contribution in [0, 0.1) is 6.92 Å². The zero-order valence-corrected chi connectivity index (χ0v) is 20.6. The number of nitrogens with zero attached hydrogens (tertiary/aromatic N) is 4. The number of hydrogen-bond acceptors (Lipinski definition) is 4. The van der Waals surface area contributed by atoms with Crippen LogP contribution in [0.15, 0.2) is 73.2 Å². The highest BCUT2D eigenvalue weighted by Gasteiger charge is 2.30. The summed E-state index contributed by atoms with van der Waals surface area (Å²) in [4.78, 5) is 21.3. The molecule has 186 valence electrons. The summed E-state index contributed by atoms with van der Waals surface area (Å²) in [6.07, 6.45) is 6.03. The first-order valence-corrected chi connectivity index (χ1v) is 12.6. The van der Waals surface area contributed by atoms with Crippen molar-refractivity contribution >= 4 is 17.0 Å². The number of hydrogen-bond donors (Lipinski definition) is 2. The van der Waals surface area contributed by atoms with E-state index in [1.165, 1.54) is 0 Å². The van der Waals surface area contributed by atoms with Crippen molar-refractivity contribution in [1.82, 2.24) is 19.1 Å². The van der Waals surface area contributed by atoms with Gasteiger partial charge in [0.1, 0.15) is 5.82 Å². The fourth-order valence-corrected chi connectivity index (χ4v) is 5.02. The number of aryl methyl sites for hydroxylation is 1. The van der Waals surface area contributed by atoms with Crippen LogP contribution in [0.1, 0.15) is 46.1 Å². The van der Waals surface area contributed by atoms with E-state index in [0.29, 0.717) is 30.1 Å². The van der Waals surface area contributed by atoms with Gasteiger partial charge in [-0.05, 0) is 60.2 Å². The van der Waals surface area contributed by atoms with Crippen LogP contribution in [0.25, 0.3) is 33.4 Å². The minimum atomic E-state index is -0.925. The van der Waals surface area contributed by atoms with Gasteiger partial charge >= 0.3 is 5.97 Å². The number of aromatic nitrogens is 4. The first-order valence-electron chi connectivity index (χ1n) is 12.6. The molecule has 0 unspecified atom stereocenters. The van der Waals surface area contributed by atoms with Crippen molar-refractivity contribution in [3.05, 3.63) is 95.7 Å². The Morgan fingerprint density at radius 3 is 2.57 bits per heavy atom. The summed E-state index contributed by atoms with van der Waals surface area (Å²) in [6.45, 7) is 3.38. The van der Waals surface area contributed by atoms with Gasteiger partial charge in [-0.25, -0.2) is 14.8 Å². The molecule has 7 nitrogen and oxygen atoms in total. The Morgan fingerprint density at radius 2 is 1.84 bits per heavy atom. The molecular formula is C30H28N4O3. The predicted octanol–water partition coefficient (Wildman–Crippen LogP) is 5.49. The van der Waals surface area contributed by atoms with E-state index >= 15 is 0 Å². The summed E-state index contributed by atoms with van der Waals surface area (Å²) in [5, 5.41) is 18.8. The summed E-state index contributed by atoms with van der Waals surface area (Å²) >= 11 is 0. The Balaban J connectivity index is 1.38. The molecule has 6 rings (SSSR count). The molecule has 0 amide bonds. The maximum Gasteiger partial charge on any atom is 0.336 e. The maximum absolute atomic E-state index is 11.7. The van der Waals surface area contributed by atoms with Gasteiger partial charge in [-0.15, -0.1) is 0 Å². The van der Waals surface area contributed by atoms with E-state index in [1.54, 1.807) is 18.5 Å². The number of carboxylic acid groups (broad SMARTS) is 1. The van der Waals surface area contributed by atoms with Crippen molar-refractivity contribution in [3.63, 3.8) is 0 Å². The van der Waals surface area contributed by atoms with Gasteiger partial charge in [-0.3, -0.25) is 0 Å². The molecule has 2 N–H and O–H groups in total. The molecule has 0 saturated heterocycles. The van der Waals surface area contributed by atoms with Gasteiger partial charge in [0, 0.05) is 30.8 Å². The highest BCUT2D eigenvalue weighted by atomic mass is 16.4. The van der Waals surface area contributed by atoms with E-state index in [-0.39, 0.29) is 6.61 Å². The third-order valence-corrected chi connectivity index (χ3v) is 7.07. The number of aliphatic hydroxyl groups excluding tert-OH is 1. The SMILES string of the molecule is Cc1cc(-c2cn(CCO)cn2)cc2c1nc(C1CC1)n2Cc1ccc(-c2ccccc2C(=O)O)cc1. The van der Waals surface area contributed by atoms with Gasteiger partial charge in [0.2, 0.25) is 0 Å². The molecule has 2 heterocycles. The van der Waals surface area contributed by atoms with E-state index in [2.05, 4.69) is 40.7 Å². The molecule has 1 fully saturated rings. The Morgan fingerprint density at radius 1 is 1.05 bits per heavy atom. The molecule has 7 heteroatoms. The van der Waals surface area contributed by atoms with Crippen LogP contribution in [0.5, 0.6) is 0 Å². The lowest BCUT2D eigenvalue weighted by Crippen LogP contribution is -2.04. The Hall–Kier alpha value is -4.23. The smallest absolute Gasteiger partial charge is 0.336 e. The first kappa shape index (κ1) is 23.2. The van der Waals surface area contributed by atoms with Gasteiger partial charge in [0.05, 0.1) is 35.2 Å². The van der Waals surface area contributed by atoms with E-state index in [1.807, 2.05) is 35.0 Å². The minimum absolute atomic E-state index is 0.0755. The summed E-state index contributed by atoms with van der Waals surface area (Å²) in [7, 11) is 0. The second-order valence-electron chi connectivity index (χ2n) is 9.76. The van der Waals surface area contributed by atoms with E-state index in [4.69, 9.17) is 4.98 Å². The highest BCUT2D eigenvalue weighted by molar-refractivity contribution is 5.96. The molecule has 0 radical (unpaired) electrons. The Bertz CT molecular complexity index is 1610. The minimum Gasteiger partial charge on any atom is -0.478 e. The third kappa shape index (κ3) is 4.42. The van der Waals surface area contributed by atoms with Crippen LogP contribution >= 0.6 is 0 Å². The monoisotopic (exact) mass is 492 g/mol. The molecule has 0 bridgehead atoms. The Labute approximate surface area is 214 Å². The van der Waals surface area contributed by atoms with Crippen molar-refractivity contribution in [3.8, 4) is 22.4 Å². The van der Waals surface area contributed by atoms with Gasteiger partial charge in [-0.2, -0.15) is 0 Å². The largest absolute Gasteiger partial charge is 0.478 e. The van der Waals surface area contributed by atoms with E-state index < -0.39 is 5.97 Å². The molecule has 3 aromatic carbocycles. The highest BCUT2D eigenvalue weighted by Crippen LogP contribution is 2.42. The number of aromatic carboxylic acids is 1. The van der Waals surface area contributed by atoms with Crippen molar-refractivity contribution in [1.29, 1.82) is 0 Å². The normalized spacial score (nSPS) is 13.4. The molecule has 0 spiro atoms. The number of aliphatic hydroxyl groups is 1. The average molecular weight is 493 g/mol. The summed E-state index contributed by atoms with van der Waals surface area (Å²) in [6, 6.07) is 19.5. The number of carboxylic acids is 1. The molecule has 0 aliphatic heterocycles. The molecule has 1 aliphatic rings. The number of fused-ring (bicyclic) bond motifs is 1. The lowest BCUT2D eigenvalue weighted by molar-refractivity contribution is 0.0697. The predicted molar refractivity (Wildman–Crippen MR) is 143 cm³/mol. The van der Waals surface area contributed by atoms with E-state index in [0.717, 1.165) is 57.6 Å². The average Bonchev–Trinajstić information content (AvgIpc) is 3.53. The van der Waals surface area contributed by atoms with Crippen molar-refractivity contribution in [2.24, 2.45) is 0 Å². The molecule has 37 heavy (non-hydrogen) atoms. The van der Waals surface area contributed by atoms with Gasteiger partial charge in [0.15, 0.2) is 0 Å². The summed E-state index contributed by atoms with van der Waals surface area (Å²) in [5.74, 6) is 0.688. The van der Waals surface area contributed by atoms with Gasteiger partial charge in [-0.1, -0.05) is 42.5 Å². The molecule has 5 aromatic rings. The third-order valence-electron chi connectivity index (χ3n) is 7.07. The van der Waals surface area contributed by atoms with Crippen LogP contribution in [-0.4, -0.2) is 41.9 Å². The van der Waals surface area contributed by atoms with Crippen molar-refractivity contribution in [2.75, 3.05) is 6.61 Å². The van der Waals surface area contributed by atoms with Gasteiger partial charge in [0.25, 0.3) is 0 Å². The first-order chi connectivity index (χ1) is 18.0. The van der Waals surface area contributed by atoms with Crippen molar-refractivity contribution in [2.45, 2.75) is 38.8 Å². The fourth-order valence-electron chi connectivity index (χ4n) is 5.02. The molecule has 1 aliphatic carbocycles. The second kappa shape index (κ2) is 9.33. The molecule has 0 atom stereocenters. The van der Waals surface area contributed by atoms with Crippen LogP contribution in [0.3, 0.4) is 0 Å². The molecular weight excluding hydrogens is 464 g/mol. The fraction of sp³-hybridized carbons (Fsp3) is 0.233.